The molecule has 1 N–H and O–H groups in total. The summed E-state index contributed by atoms with van der Waals surface area (Å²) in [5, 5.41) is 11.7. The van der Waals surface area contributed by atoms with Crippen molar-refractivity contribution >= 4 is 0 Å². The highest BCUT2D eigenvalue weighted by Crippen LogP contribution is 2.64. The second kappa shape index (κ2) is 14.4. The first kappa shape index (κ1) is 35.2. The van der Waals surface area contributed by atoms with Crippen molar-refractivity contribution in [3.63, 3.8) is 0 Å². The van der Waals surface area contributed by atoms with Gasteiger partial charge in [0.05, 0.1) is 0 Å². The molecule has 6 aliphatic rings. The van der Waals surface area contributed by atoms with Gasteiger partial charge in [-0.25, -0.2) is 0 Å². The molecule has 0 bridgehead atoms. The maximum atomic E-state index is 11.7. The van der Waals surface area contributed by atoms with Crippen LogP contribution in [0.25, 0.3) is 0 Å². The topological polar surface area (TPSA) is 30.0 Å². The first-order chi connectivity index (χ1) is 27.0. The number of phenolic OH excluding ortho intramolecular Hbond substituents is 1. The first-order valence-electron chi connectivity index (χ1n) is 21.0. The molecular weight excluding hydrogens is 671 g/mol. The van der Waals surface area contributed by atoms with Crippen LogP contribution >= 0.6 is 0 Å². The van der Waals surface area contributed by atoms with Gasteiger partial charge < -0.3 is 5.11 Å². The normalized spacial score (nSPS) is 30.2. The van der Waals surface area contributed by atoms with Crippen LogP contribution in [0.5, 0.6) is 5.75 Å². The average Bonchev–Trinajstić information content (AvgIpc) is 4.11. The van der Waals surface area contributed by atoms with Crippen LogP contribution in [-0.4, -0.2) is 59.1 Å². The third-order valence-electron chi connectivity index (χ3n) is 14.6. The molecule has 3 aliphatic carbocycles. The highest BCUT2D eigenvalue weighted by molar-refractivity contribution is 5.48. The van der Waals surface area contributed by atoms with Gasteiger partial charge in [-0.1, -0.05) is 127 Å². The molecule has 4 nitrogen and oxygen atoms in total. The third kappa shape index (κ3) is 7.42. The second-order valence-electron chi connectivity index (χ2n) is 18.6. The minimum absolute atomic E-state index is 0.329. The summed E-state index contributed by atoms with van der Waals surface area (Å²) in [7, 11) is 0. The molecule has 3 saturated carbocycles. The molecule has 4 heteroatoms. The molecule has 281 valence electrons. The van der Waals surface area contributed by atoms with Gasteiger partial charge in [0.15, 0.2) is 0 Å². The fraction of sp³-hybridized carbons (Fsp3) is 0.412. The Labute approximate surface area is 328 Å². The number of fused-ring (bicyclic) bond motifs is 3. The van der Waals surface area contributed by atoms with Crippen molar-refractivity contribution in [3.05, 3.63) is 173 Å². The molecule has 0 spiro atoms. The number of likely N-dealkylation sites (tertiary alicyclic amines) is 3. The van der Waals surface area contributed by atoms with Crippen molar-refractivity contribution < 1.29 is 5.11 Å². The van der Waals surface area contributed by atoms with E-state index >= 15 is 0 Å². The number of benzene rings is 5. The Hall–Kier alpha value is -4.22. The Kier molecular flexibility index (Phi) is 9.20. The van der Waals surface area contributed by atoms with Gasteiger partial charge in [0, 0.05) is 58.9 Å². The van der Waals surface area contributed by atoms with Crippen LogP contribution in [0.2, 0.25) is 0 Å². The zero-order valence-electron chi connectivity index (χ0n) is 32.3. The quantitative estimate of drug-likeness (QED) is 0.139. The highest BCUT2D eigenvalue weighted by Gasteiger charge is 2.63. The van der Waals surface area contributed by atoms with E-state index in [1.165, 1.54) is 80.7 Å². The van der Waals surface area contributed by atoms with Gasteiger partial charge in [0.2, 0.25) is 0 Å². The fourth-order valence-electron chi connectivity index (χ4n) is 11.6. The van der Waals surface area contributed by atoms with Gasteiger partial charge >= 0.3 is 0 Å². The zero-order valence-corrected chi connectivity index (χ0v) is 32.3. The maximum absolute atomic E-state index is 11.7. The largest absolute Gasteiger partial charge is 0.508 e. The summed E-state index contributed by atoms with van der Waals surface area (Å²) in [6.07, 6.45) is 7.40. The number of hydrogen-bond donors (Lipinski definition) is 1. The number of piperidine rings is 3. The number of phenols is 1. The predicted octanol–water partition coefficient (Wildman–Crippen LogP) is 9.07. The average molecular weight is 727 g/mol. The van der Waals surface area contributed by atoms with Crippen LogP contribution in [0.4, 0.5) is 0 Å². The molecule has 3 saturated heterocycles. The van der Waals surface area contributed by atoms with Gasteiger partial charge in [-0.2, -0.15) is 0 Å². The second-order valence-corrected chi connectivity index (χ2v) is 18.6. The van der Waals surface area contributed by atoms with Crippen molar-refractivity contribution in [1.82, 2.24) is 14.7 Å². The number of rotatable bonds is 12. The van der Waals surface area contributed by atoms with E-state index in [0.717, 1.165) is 56.8 Å². The summed E-state index contributed by atoms with van der Waals surface area (Å²) in [5.41, 5.74) is 9.82. The minimum atomic E-state index is 0.329. The van der Waals surface area contributed by atoms with Crippen molar-refractivity contribution in [3.8, 4) is 5.75 Å². The molecule has 0 amide bonds. The van der Waals surface area contributed by atoms with E-state index in [1.807, 2.05) is 30.3 Å². The van der Waals surface area contributed by atoms with Crippen LogP contribution < -0.4 is 0 Å². The lowest BCUT2D eigenvalue weighted by Gasteiger charge is -2.27. The van der Waals surface area contributed by atoms with Gasteiger partial charge in [-0.15, -0.1) is 0 Å². The lowest BCUT2D eigenvalue weighted by atomic mass is 9.81. The van der Waals surface area contributed by atoms with Crippen LogP contribution in [0, 0.1) is 40.1 Å². The molecule has 5 aromatic carbocycles. The van der Waals surface area contributed by atoms with Crippen LogP contribution in [0.15, 0.2) is 133 Å². The molecule has 3 aliphatic heterocycles. The molecule has 3 heterocycles. The highest BCUT2D eigenvalue weighted by atomic mass is 16.3. The summed E-state index contributed by atoms with van der Waals surface area (Å²) in [4.78, 5) is 8.12. The Balaban J connectivity index is 0.000000570. The van der Waals surface area contributed by atoms with Gasteiger partial charge in [-0.3, -0.25) is 14.7 Å². The van der Waals surface area contributed by atoms with E-state index < -0.39 is 0 Å². The maximum Gasteiger partial charge on any atom is 0.119 e. The van der Waals surface area contributed by atoms with E-state index in [0.29, 0.717) is 22.0 Å². The molecule has 5 aromatic rings. The van der Waals surface area contributed by atoms with Crippen molar-refractivity contribution in [2.24, 2.45) is 34.0 Å². The smallest absolute Gasteiger partial charge is 0.119 e. The fourth-order valence-corrected chi connectivity index (χ4v) is 11.6. The van der Waals surface area contributed by atoms with E-state index in [4.69, 9.17) is 0 Å². The van der Waals surface area contributed by atoms with Crippen LogP contribution in [-0.2, 0) is 38.9 Å². The lowest BCUT2D eigenvalue weighted by molar-refractivity contribution is 0.267. The Bertz CT molecular complexity index is 2050. The van der Waals surface area contributed by atoms with Crippen molar-refractivity contribution in [2.75, 3.05) is 39.3 Å². The first-order valence-corrected chi connectivity index (χ1v) is 21.0. The lowest BCUT2D eigenvalue weighted by Crippen LogP contribution is -2.27. The molecular formula is C51H56N3O. The van der Waals surface area contributed by atoms with Gasteiger partial charge in [-0.05, 0) is 118 Å². The van der Waals surface area contributed by atoms with E-state index in [2.05, 4.69) is 124 Å². The monoisotopic (exact) mass is 726 g/mol. The Morgan fingerprint density at radius 2 is 0.873 bits per heavy atom. The van der Waals surface area contributed by atoms with Crippen molar-refractivity contribution in [2.45, 2.75) is 58.2 Å². The van der Waals surface area contributed by atoms with E-state index in [9.17, 15) is 5.11 Å². The molecule has 0 aromatic heterocycles. The van der Waals surface area contributed by atoms with E-state index in [-0.39, 0.29) is 0 Å². The number of aromatic hydroxyl groups is 1. The summed E-state index contributed by atoms with van der Waals surface area (Å²) in [5.74, 6) is 2.93. The summed E-state index contributed by atoms with van der Waals surface area (Å²) >= 11 is 0. The molecule has 6 unspecified atom stereocenters. The van der Waals surface area contributed by atoms with Crippen LogP contribution in [0.3, 0.4) is 0 Å². The molecule has 1 radical (unpaired) electrons. The zero-order chi connectivity index (χ0) is 36.9. The Morgan fingerprint density at radius 1 is 0.473 bits per heavy atom. The minimum Gasteiger partial charge on any atom is -0.508 e. The molecule has 55 heavy (non-hydrogen) atoms. The van der Waals surface area contributed by atoms with Gasteiger partial charge in [0.25, 0.3) is 0 Å². The number of hydrogen-bond acceptors (Lipinski definition) is 4. The molecule has 11 rings (SSSR count). The predicted molar refractivity (Wildman–Crippen MR) is 221 cm³/mol. The van der Waals surface area contributed by atoms with E-state index in [1.54, 1.807) is 11.1 Å². The van der Waals surface area contributed by atoms with Crippen molar-refractivity contribution in [1.29, 1.82) is 0 Å². The van der Waals surface area contributed by atoms with Gasteiger partial charge in [0.1, 0.15) is 5.75 Å². The SMILES string of the molecule is Oc1ccc(CC23CC2CN(Cc2ccccc2)C3)c(CC23CC2CN(Cc2ccccc2)C3)c1CC12CC1CN(Cc1ccccc1)C2.[c]1ccccc1. The van der Waals surface area contributed by atoms with Crippen LogP contribution in [0.1, 0.15) is 52.6 Å². The summed E-state index contributed by atoms with van der Waals surface area (Å²) in [6.45, 7) is 10.4. The Morgan fingerprint density at radius 3 is 1.27 bits per heavy atom. The third-order valence-corrected chi connectivity index (χ3v) is 14.6. The number of nitrogens with zero attached hydrogens (tertiary/aromatic N) is 3. The summed E-state index contributed by atoms with van der Waals surface area (Å²) < 4.78 is 0. The standard InChI is InChI=1S/C45H51N3O.C6H5/c49-42-17-16-36(18-43-19-37(43)27-46(30-43)24-33-10-4-1-5-11-33)40(22-44-20-38(44)28-47(31-44)25-34-12-6-2-7-13-34)41(42)23-45-21-39(45)29-48(32-45)26-35-14-8-3-9-15-35;1-2-4-6-5-3-1/h1-17,37-39,49H,18-32H2;1-5H. The summed E-state index contributed by atoms with van der Waals surface area (Å²) in [6, 6.07) is 50.0. The molecule has 6 atom stereocenters. The molecule has 6 fully saturated rings.